The molecule has 0 atom stereocenters. The van der Waals surface area contributed by atoms with Gasteiger partial charge < -0.3 is 15.2 Å². The van der Waals surface area contributed by atoms with Crippen molar-refractivity contribution < 1.29 is 19.4 Å². The summed E-state index contributed by atoms with van der Waals surface area (Å²) in [5.41, 5.74) is 2.53. The van der Waals surface area contributed by atoms with Gasteiger partial charge >= 0.3 is 11.8 Å². The molecule has 0 bridgehead atoms. The van der Waals surface area contributed by atoms with Gasteiger partial charge in [0, 0.05) is 17.7 Å². The summed E-state index contributed by atoms with van der Waals surface area (Å²) in [6.07, 6.45) is 3.95. The van der Waals surface area contributed by atoms with E-state index in [2.05, 4.69) is 15.8 Å². The van der Waals surface area contributed by atoms with E-state index in [1.54, 1.807) is 12.1 Å². The van der Waals surface area contributed by atoms with Crippen molar-refractivity contribution >= 4 is 18.0 Å². The van der Waals surface area contributed by atoms with Gasteiger partial charge in [-0.05, 0) is 31.4 Å². The fourth-order valence-corrected chi connectivity index (χ4v) is 1.63. The first-order valence-corrected chi connectivity index (χ1v) is 7.20. The van der Waals surface area contributed by atoms with Crippen LogP contribution >= 0.6 is 0 Å². The molecule has 118 valence electrons. The Morgan fingerprint density at radius 1 is 1.41 bits per heavy atom. The zero-order chi connectivity index (χ0) is 15.9. The van der Waals surface area contributed by atoms with Gasteiger partial charge in [0.2, 0.25) is 0 Å². The van der Waals surface area contributed by atoms with E-state index in [9.17, 15) is 14.7 Å². The van der Waals surface area contributed by atoms with Crippen molar-refractivity contribution in [2.75, 3.05) is 6.61 Å². The van der Waals surface area contributed by atoms with Crippen LogP contribution < -0.4 is 15.5 Å². The summed E-state index contributed by atoms with van der Waals surface area (Å²) < 4.78 is 5.38. The summed E-state index contributed by atoms with van der Waals surface area (Å²) in [4.78, 5) is 22.8. The molecule has 1 aromatic rings. The molecule has 0 aromatic heterocycles. The van der Waals surface area contributed by atoms with E-state index in [1.165, 1.54) is 12.3 Å². The smallest absolute Gasteiger partial charge is 0.329 e. The van der Waals surface area contributed by atoms with Crippen LogP contribution in [0, 0.1) is 0 Å². The Labute approximate surface area is 128 Å². The van der Waals surface area contributed by atoms with Crippen molar-refractivity contribution in [3.05, 3.63) is 23.8 Å². The Hall–Kier alpha value is -2.57. The first kappa shape index (κ1) is 15.8. The van der Waals surface area contributed by atoms with Crippen LogP contribution in [-0.2, 0) is 9.59 Å². The van der Waals surface area contributed by atoms with Crippen LogP contribution in [0.3, 0.4) is 0 Å². The number of carbonyl (C=O) groups excluding carboxylic acids is 2. The predicted octanol–water partition coefficient (Wildman–Crippen LogP) is 0.910. The van der Waals surface area contributed by atoms with Gasteiger partial charge in [-0.25, -0.2) is 5.43 Å². The molecule has 1 aliphatic rings. The highest BCUT2D eigenvalue weighted by atomic mass is 16.5. The number of hydrazone groups is 1. The number of ether oxygens (including phenoxy) is 1. The fourth-order valence-electron chi connectivity index (χ4n) is 1.63. The Bertz CT molecular complexity index is 582. The van der Waals surface area contributed by atoms with Gasteiger partial charge in [-0.2, -0.15) is 5.10 Å². The summed E-state index contributed by atoms with van der Waals surface area (Å²) in [6, 6.07) is 4.89. The second-order valence-corrected chi connectivity index (χ2v) is 5.02. The maximum Gasteiger partial charge on any atom is 0.329 e. The minimum atomic E-state index is -0.828. The number of phenolic OH excluding ortho intramolecular Hbond substituents is 1. The topological polar surface area (TPSA) is 100 Å². The maximum atomic E-state index is 11.4. The number of nitrogens with one attached hydrogen (secondary N) is 2. The molecule has 2 rings (SSSR count). The molecule has 7 nitrogen and oxygen atoms in total. The lowest BCUT2D eigenvalue weighted by Gasteiger charge is -2.06. The van der Waals surface area contributed by atoms with E-state index < -0.39 is 11.8 Å². The van der Waals surface area contributed by atoms with E-state index in [0.29, 0.717) is 17.9 Å². The summed E-state index contributed by atoms with van der Waals surface area (Å²) in [5, 5.41) is 16.0. The van der Waals surface area contributed by atoms with E-state index in [0.717, 1.165) is 19.3 Å². The maximum absolute atomic E-state index is 11.4. The van der Waals surface area contributed by atoms with E-state index in [4.69, 9.17) is 4.74 Å². The molecule has 0 spiro atoms. The van der Waals surface area contributed by atoms with Crippen LogP contribution in [0.15, 0.2) is 23.3 Å². The first-order valence-electron chi connectivity index (χ1n) is 7.20. The molecule has 0 saturated heterocycles. The quantitative estimate of drug-likeness (QED) is 0.413. The zero-order valence-corrected chi connectivity index (χ0v) is 12.3. The molecule has 1 fully saturated rings. The third-order valence-corrected chi connectivity index (χ3v) is 2.96. The van der Waals surface area contributed by atoms with E-state index in [1.807, 2.05) is 6.92 Å². The van der Waals surface area contributed by atoms with Gasteiger partial charge in [-0.15, -0.1) is 0 Å². The summed E-state index contributed by atoms with van der Waals surface area (Å²) >= 11 is 0. The monoisotopic (exact) mass is 305 g/mol. The average molecular weight is 305 g/mol. The highest BCUT2D eigenvalue weighted by Gasteiger charge is 2.26. The predicted molar refractivity (Wildman–Crippen MR) is 80.8 cm³/mol. The number of benzene rings is 1. The number of phenols is 1. The molecule has 1 aliphatic carbocycles. The molecule has 0 unspecified atom stereocenters. The molecule has 0 radical (unpaired) electrons. The van der Waals surface area contributed by atoms with Crippen molar-refractivity contribution in [1.29, 1.82) is 0 Å². The van der Waals surface area contributed by atoms with Crippen molar-refractivity contribution in [2.24, 2.45) is 5.10 Å². The fraction of sp³-hybridized carbons (Fsp3) is 0.400. The largest absolute Gasteiger partial charge is 0.507 e. The Morgan fingerprint density at radius 2 is 2.18 bits per heavy atom. The number of hydrogen-bond donors (Lipinski definition) is 3. The SMILES string of the molecule is CCCOc1ccc(/C=N/NC(=O)C(=O)NC2CC2)c(O)c1. The van der Waals surface area contributed by atoms with Crippen LogP contribution in [0.4, 0.5) is 0 Å². The summed E-state index contributed by atoms with van der Waals surface area (Å²) in [6.45, 7) is 2.56. The molecule has 3 N–H and O–H groups in total. The van der Waals surface area contributed by atoms with Crippen molar-refractivity contribution in [3.8, 4) is 11.5 Å². The molecular formula is C15H19N3O4. The second kappa shape index (κ2) is 7.44. The van der Waals surface area contributed by atoms with Crippen LogP contribution in [0.2, 0.25) is 0 Å². The normalized spacial score (nSPS) is 13.9. The van der Waals surface area contributed by atoms with E-state index in [-0.39, 0.29) is 11.8 Å². The van der Waals surface area contributed by atoms with E-state index >= 15 is 0 Å². The van der Waals surface area contributed by atoms with Crippen LogP contribution in [0.5, 0.6) is 11.5 Å². The Morgan fingerprint density at radius 3 is 2.82 bits per heavy atom. The van der Waals surface area contributed by atoms with Gasteiger partial charge in [0.1, 0.15) is 11.5 Å². The number of amides is 2. The number of aromatic hydroxyl groups is 1. The van der Waals surface area contributed by atoms with Crippen LogP contribution in [0.25, 0.3) is 0 Å². The third kappa shape index (κ3) is 4.76. The molecule has 1 aromatic carbocycles. The molecule has 0 heterocycles. The molecule has 7 heteroatoms. The summed E-state index contributed by atoms with van der Waals surface area (Å²) in [7, 11) is 0. The highest BCUT2D eigenvalue weighted by molar-refractivity contribution is 6.35. The molecular weight excluding hydrogens is 286 g/mol. The Balaban J connectivity index is 1.86. The first-order chi connectivity index (χ1) is 10.6. The Kier molecular flexibility index (Phi) is 5.35. The standard InChI is InChI=1S/C15H19N3O4/c1-2-7-22-12-6-3-10(13(19)8-12)9-16-18-15(21)14(20)17-11-4-5-11/h3,6,8-9,11,19H,2,4-5,7H2,1H3,(H,17,20)(H,18,21)/b16-9+. The van der Waals surface area contributed by atoms with Gasteiger partial charge in [0.05, 0.1) is 12.8 Å². The van der Waals surface area contributed by atoms with Gasteiger partial charge in [-0.1, -0.05) is 6.92 Å². The minimum Gasteiger partial charge on any atom is -0.507 e. The second-order valence-electron chi connectivity index (χ2n) is 5.02. The number of hydrogen-bond acceptors (Lipinski definition) is 5. The van der Waals surface area contributed by atoms with Crippen molar-refractivity contribution in [2.45, 2.75) is 32.2 Å². The third-order valence-electron chi connectivity index (χ3n) is 2.96. The summed E-state index contributed by atoms with van der Waals surface area (Å²) in [5.74, 6) is -0.990. The lowest BCUT2D eigenvalue weighted by Crippen LogP contribution is -2.38. The number of rotatable bonds is 6. The van der Waals surface area contributed by atoms with Gasteiger partial charge in [0.15, 0.2) is 0 Å². The van der Waals surface area contributed by atoms with Gasteiger partial charge in [-0.3, -0.25) is 9.59 Å². The lowest BCUT2D eigenvalue weighted by molar-refractivity contribution is -0.139. The molecule has 1 saturated carbocycles. The highest BCUT2D eigenvalue weighted by Crippen LogP contribution is 2.22. The number of carbonyl (C=O) groups is 2. The van der Waals surface area contributed by atoms with Crippen LogP contribution in [-0.4, -0.2) is 35.8 Å². The minimum absolute atomic E-state index is 0.0194. The van der Waals surface area contributed by atoms with Crippen molar-refractivity contribution in [1.82, 2.24) is 10.7 Å². The van der Waals surface area contributed by atoms with Gasteiger partial charge in [0.25, 0.3) is 0 Å². The molecule has 22 heavy (non-hydrogen) atoms. The van der Waals surface area contributed by atoms with Crippen molar-refractivity contribution in [3.63, 3.8) is 0 Å². The molecule has 2 amide bonds. The van der Waals surface area contributed by atoms with Crippen LogP contribution in [0.1, 0.15) is 31.7 Å². The molecule has 0 aliphatic heterocycles. The average Bonchev–Trinajstić information content (AvgIpc) is 3.30. The number of nitrogens with zero attached hydrogens (tertiary/aromatic N) is 1. The lowest BCUT2D eigenvalue weighted by atomic mass is 10.2. The zero-order valence-electron chi connectivity index (χ0n) is 12.3.